The van der Waals surface area contributed by atoms with Gasteiger partial charge in [0.05, 0.1) is 0 Å². The summed E-state index contributed by atoms with van der Waals surface area (Å²) in [7, 11) is 0. The van der Waals surface area contributed by atoms with Gasteiger partial charge in [-0.1, -0.05) is 0 Å². The van der Waals surface area contributed by atoms with Gasteiger partial charge in [-0.2, -0.15) is 0 Å². The van der Waals surface area contributed by atoms with E-state index in [0.29, 0.717) is 0 Å². The van der Waals surface area contributed by atoms with Crippen molar-refractivity contribution in [3.63, 3.8) is 0 Å². The van der Waals surface area contributed by atoms with E-state index in [0.717, 1.165) is 13.8 Å². The van der Waals surface area contributed by atoms with E-state index in [9.17, 15) is 19.1 Å². The molecule has 1 fully saturated rings. The molecule has 7 heteroatoms. The molecule has 0 spiro atoms. The zero-order chi connectivity index (χ0) is 12.3. The Labute approximate surface area is 91.3 Å². The molecule has 0 aliphatic carbocycles. The normalized spacial score (nSPS) is 33.5. The first-order chi connectivity index (χ1) is 7.45. The maximum atomic E-state index is 12.5. The summed E-state index contributed by atoms with van der Waals surface area (Å²) in [6.07, 6.45) is -4.93. The highest BCUT2D eigenvalue weighted by molar-refractivity contribution is 5.67. The first-order valence-electron chi connectivity index (χ1n) is 4.69. The van der Waals surface area contributed by atoms with Crippen molar-refractivity contribution >= 4 is 11.9 Å². The molecule has 92 valence electrons. The van der Waals surface area contributed by atoms with Crippen molar-refractivity contribution in [2.24, 2.45) is 0 Å². The van der Waals surface area contributed by atoms with Gasteiger partial charge in [0.25, 0.3) is 0 Å². The summed E-state index contributed by atoms with van der Waals surface area (Å²) in [4.78, 5) is 21.5. The number of alkyl halides is 1. The predicted molar refractivity (Wildman–Crippen MR) is 48.0 cm³/mol. The zero-order valence-corrected chi connectivity index (χ0v) is 8.88. The molecule has 0 bridgehead atoms. The molecule has 0 aromatic heterocycles. The van der Waals surface area contributed by atoms with Crippen molar-refractivity contribution in [1.82, 2.24) is 0 Å². The molecule has 1 aliphatic heterocycles. The van der Waals surface area contributed by atoms with Crippen molar-refractivity contribution in [3.05, 3.63) is 0 Å². The number of hydrogen-bond donors (Lipinski definition) is 1. The fourth-order valence-electron chi connectivity index (χ4n) is 1.48. The third-order valence-corrected chi connectivity index (χ3v) is 2.04. The predicted octanol–water partition coefficient (Wildman–Crippen LogP) is -0.464. The maximum Gasteiger partial charge on any atom is 0.303 e. The second-order valence-corrected chi connectivity index (χ2v) is 3.37. The fraction of sp³-hybridized carbons (Fsp3) is 0.778. The summed E-state index contributed by atoms with van der Waals surface area (Å²) in [5, 5.41) is 9.37. The Morgan fingerprint density at radius 3 is 2.19 bits per heavy atom. The van der Waals surface area contributed by atoms with Crippen molar-refractivity contribution in [2.45, 2.75) is 38.4 Å². The van der Waals surface area contributed by atoms with E-state index < -0.39 is 43.2 Å². The largest absolute Gasteiger partial charge is 0.455 e. The lowest BCUT2D eigenvalue weighted by Crippen LogP contribution is -2.40. The highest BCUT2D eigenvalue weighted by Crippen LogP contribution is 2.25. The smallest absolute Gasteiger partial charge is 0.303 e. The van der Waals surface area contributed by atoms with Crippen LogP contribution >= 0.6 is 0 Å². The number of rotatable bonds is 3. The third-order valence-electron chi connectivity index (χ3n) is 2.04. The van der Waals surface area contributed by atoms with Gasteiger partial charge in [0.15, 0.2) is 18.5 Å². The van der Waals surface area contributed by atoms with Gasteiger partial charge in [0.2, 0.25) is 0 Å². The lowest BCUT2D eigenvalue weighted by molar-refractivity contribution is -0.174. The van der Waals surface area contributed by atoms with E-state index >= 15 is 0 Å². The molecule has 6 nitrogen and oxygen atoms in total. The molecule has 1 rings (SSSR count). The Bertz CT molecular complexity index is 281. The number of carbonyl (C=O) groups is 2. The van der Waals surface area contributed by atoms with Gasteiger partial charge in [-0.05, 0) is 0 Å². The van der Waals surface area contributed by atoms with Crippen LogP contribution in [0.2, 0.25) is 0 Å². The molecule has 1 saturated heterocycles. The molecule has 4 atom stereocenters. The van der Waals surface area contributed by atoms with Gasteiger partial charge < -0.3 is 19.3 Å². The fourth-order valence-corrected chi connectivity index (χ4v) is 1.48. The average Bonchev–Trinajstić information content (AvgIpc) is 2.44. The van der Waals surface area contributed by atoms with Crippen LogP contribution in [0.3, 0.4) is 0 Å². The first kappa shape index (κ1) is 12.9. The van der Waals surface area contributed by atoms with E-state index in [1.165, 1.54) is 0 Å². The summed E-state index contributed by atoms with van der Waals surface area (Å²) < 4.78 is 26.7. The van der Waals surface area contributed by atoms with Gasteiger partial charge in [0, 0.05) is 13.8 Å². The number of esters is 2. The molecular weight excluding hydrogens is 223 g/mol. The molecule has 1 N–H and O–H groups in total. The highest BCUT2D eigenvalue weighted by atomic mass is 19.1. The SMILES string of the molecule is CC(=O)OC1C(O)O[C@H](CF)[C@H]1OC(C)=O. The molecule has 2 unspecified atom stereocenters. The quantitative estimate of drug-likeness (QED) is 0.667. The summed E-state index contributed by atoms with van der Waals surface area (Å²) in [5.74, 6) is -1.34. The number of aliphatic hydroxyl groups excluding tert-OH is 1. The van der Waals surface area contributed by atoms with Crippen LogP contribution in [0.4, 0.5) is 4.39 Å². The molecule has 1 heterocycles. The van der Waals surface area contributed by atoms with Crippen molar-refractivity contribution in [2.75, 3.05) is 6.67 Å². The molecule has 0 amide bonds. The summed E-state index contributed by atoms with van der Waals surface area (Å²) >= 11 is 0. The molecule has 0 aromatic rings. The van der Waals surface area contributed by atoms with Crippen LogP contribution in [-0.4, -0.2) is 48.3 Å². The van der Waals surface area contributed by atoms with Crippen LogP contribution in [0.25, 0.3) is 0 Å². The highest BCUT2D eigenvalue weighted by Gasteiger charge is 2.48. The molecule has 0 aromatic carbocycles. The molecule has 0 radical (unpaired) electrons. The van der Waals surface area contributed by atoms with Crippen molar-refractivity contribution in [1.29, 1.82) is 0 Å². The average molecular weight is 236 g/mol. The summed E-state index contributed by atoms with van der Waals surface area (Å²) in [5.41, 5.74) is 0. The zero-order valence-electron chi connectivity index (χ0n) is 8.88. The maximum absolute atomic E-state index is 12.5. The lowest BCUT2D eigenvalue weighted by atomic mass is 10.1. The van der Waals surface area contributed by atoms with Gasteiger partial charge in [-0.25, -0.2) is 4.39 Å². The first-order valence-corrected chi connectivity index (χ1v) is 4.69. The third kappa shape index (κ3) is 2.89. The topological polar surface area (TPSA) is 82.1 Å². The Morgan fingerprint density at radius 2 is 1.75 bits per heavy atom. The van der Waals surface area contributed by atoms with Crippen molar-refractivity contribution in [3.8, 4) is 0 Å². The Morgan fingerprint density at radius 1 is 1.25 bits per heavy atom. The number of hydrogen-bond acceptors (Lipinski definition) is 6. The van der Waals surface area contributed by atoms with Crippen LogP contribution in [-0.2, 0) is 23.8 Å². The summed E-state index contributed by atoms with van der Waals surface area (Å²) in [6.45, 7) is 1.30. The minimum Gasteiger partial charge on any atom is -0.455 e. The standard InChI is InChI=1S/C9H13FO6/c1-4(11)14-7-6(3-10)16-9(13)8(7)15-5(2)12/h6-9,13H,3H2,1-2H3/t6-,7-,8?,9?/m1/s1. The van der Waals surface area contributed by atoms with Crippen LogP contribution in [0.5, 0.6) is 0 Å². The number of ether oxygens (including phenoxy) is 3. The number of halogens is 1. The number of aliphatic hydroxyl groups is 1. The van der Waals surface area contributed by atoms with Crippen molar-refractivity contribution < 1.29 is 33.3 Å². The minimum absolute atomic E-state index is 0.668. The number of carbonyl (C=O) groups excluding carboxylic acids is 2. The minimum atomic E-state index is -1.49. The van der Waals surface area contributed by atoms with Crippen LogP contribution < -0.4 is 0 Å². The summed E-state index contributed by atoms with van der Waals surface area (Å²) in [6, 6.07) is 0. The molecule has 1 aliphatic rings. The van der Waals surface area contributed by atoms with Gasteiger partial charge in [-0.3, -0.25) is 9.59 Å². The van der Waals surface area contributed by atoms with Gasteiger partial charge in [-0.15, -0.1) is 0 Å². The van der Waals surface area contributed by atoms with E-state index in [1.807, 2.05) is 0 Å². The molecular formula is C9H13FO6. The Kier molecular flexibility index (Phi) is 4.19. The Hall–Kier alpha value is -1.21. The second kappa shape index (κ2) is 5.22. The van der Waals surface area contributed by atoms with E-state index in [-0.39, 0.29) is 0 Å². The monoisotopic (exact) mass is 236 g/mol. The van der Waals surface area contributed by atoms with E-state index in [2.05, 4.69) is 0 Å². The van der Waals surface area contributed by atoms with Crippen LogP contribution in [0.1, 0.15) is 13.8 Å². The molecule has 0 saturated carbocycles. The Balaban J connectivity index is 2.76. The molecule has 16 heavy (non-hydrogen) atoms. The van der Waals surface area contributed by atoms with E-state index in [4.69, 9.17) is 14.2 Å². The van der Waals surface area contributed by atoms with Crippen LogP contribution in [0.15, 0.2) is 0 Å². The van der Waals surface area contributed by atoms with Crippen LogP contribution in [0, 0.1) is 0 Å². The second-order valence-electron chi connectivity index (χ2n) is 3.37. The lowest BCUT2D eigenvalue weighted by Gasteiger charge is -2.20. The van der Waals surface area contributed by atoms with E-state index in [1.54, 1.807) is 0 Å². The van der Waals surface area contributed by atoms with Gasteiger partial charge >= 0.3 is 11.9 Å². The van der Waals surface area contributed by atoms with Gasteiger partial charge in [0.1, 0.15) is 12.8 Å².